The van der Waals surface area contributed by atoms with Crippen LogP contribution in [0.3, 0.4) is 0 Å². The maximum atomic E-state index is 14.4. The number of rotatable bonds is 4. The summed E-state index contributed by atoms with van der Waals surface area (Å²) in [7, 11) is 0. The van der Waals surface area contributed by atoms with Crippen molar-refractivity contribution in [1.29, 1.82) is 0 Å². The molecular formula is C36H58O10. The third-order valence-corrected chi connectivity index (χ3v) is 15.2. The highest BCUT2D eigenvalue weighted by atomic mass is 16.7. The van der Waals surface area contributed by atoms with Gasteiger partial charge in [-0.2, -0.15) is 0 Å². The van der Waals surface area contributed by atoms with Crippen LogP contribution in [0.5, 0.6) is 0 Å². The molecule has 6 aliphatic rings. The molecule has 0 radical (unpaired) electrons. The number of aliphatic hydroxyl groups is 7. The molecule has 15 atom stereocenters. The minimum atomic E-state index is -1.65. The van der Waals surface area contributed by atoms with Gasteiger partial charge in [0, 0.05) is 5.41 Å². The van der Waals surface area contributed by atoms with Crippen LogP contribution in [0.15, 0.2) is 11.6 Å². The molecule has 0 aromatic rings. The third kappa shape index (κ3) is 4.60. The van der Waals surface area contributed by atoms with E-state index in [1.807, 2.05) is 6.92 Å². The topological polar surface area (TPSA) is 177 Å². The second-order valence-electron chi connectivity index (χ2n) is 17.9. The van der Waals surface area contributed by atoms with Crippen molar-refractivity contribution < 1.29 is 50.0 Å². The zero-order valence-electron chi connectivity index (χ0n) is 28.5. The van der Waals surface area contributed by atoms with Crippen LogP contribution in [-0.4, -0.2) is 97.8 Å². The van der Waals surface area contributed by atoms with Crippen molar-refractivity contribution in [2.45, 2.75) is 142 Å². The van der Waals surface area contributed by atoms with Crippen LogP contribution >= 0.6 is 0 Å². The molecule has 10 heteroatoms. The number of hydrogen-bond acceptors (Lipinski definition) is 10. The SMILES string of the molecule is CC1(C)CC[C@]2(C(=O)O[C@@H]3O[C@H](CO)[C@@H](O)[C@H](O)[C@H]3O)CC[C@]3(C)C(=CC[C@H]4[C@@]5(C)C[C@@H](O)[C@H](O)[C@@](C)(CO)[C@H]5CC[C@]43C)[C@H]2C1. The summed E-state index contributed by atoms with van der Waals surface area (Å²) < 4.78 is 11.5. The number of fused-ring (bicyclic) bond motifs is 7. The summed E-state index contributed by atoms with van der Waals surface area (Å²) in [5.74, 6) is -0.293. The van der Waals surface area contributed by atoms with Crippen molar-refractivity contribution >= 4 is 5.97 Å². The first-order valence-electron chi connectivity index (χ1n) is 17.5. The second-order valence-corrected chi connectivity index (χ2v) is 17.9. The molecule has 0 amide bonds. The molecule has 46 heavy (non-hydrogen) atoms. The van der Waals surface area contributed by atoms with E-state index in [4.69, 9.17) is 9.47 Å². The molecule has 1 heterocycles. The molecule has 5 fully saturated rings. The lowest BCUT2D eigenvalue weighted by molar-refractivity contribution is -0.297. The fourth-order valence-electron chi connectivity index (χ4n) is 12.1. The molecule has 7 N–H and O–H groups in total. The number of esters is 1. The van der Waals surface area contributed by atoms with E-state index in [1.165, 1.54) is 5.57 Å². The van der Waals surface area contributed by atoms with E-state index in [2.05, 4.69) is 40.7 Å². The maximum Gasteiger partial charge on any atom is 0.315 e. The number of ether oxygens (including phenoxy) is 2. The fraction of sp³-hybridized carbons (Fsp3) is 0.917. The van der Waals surface area contributed by atoms with Gasteiger partial charge in [-0.1, -0.05) is 53.2 Å². The highest BCUT2D eigenvalue weighted by molar-refractivity contribution is 5.79. The molecule has 6 rings (SSSR count). The lowest BCUT2D eigenvalue weighted by Crippen LogP contribution is -2.68. The van der Waals surface area contributed by atoms with Gasteiger partial charge in [0.15, 0.2) is 0 Å². The van der Waals surface area contributed by atoms with E-state index < -0.39 is 66.3 Å². The molecule has 0 unspecified atom stereocenters. The van der Waals surface area contributed by atoms with Crippen molar-refractivity contribution in [3.63, 3.8) is 0 Å². The number of allylic oxidation sites excluding steroid dienone is 2. The number of aliphatic hydroxyl groups excluding tert-OH is 7. The monoisotopic (exact) mass is 650 g/mol. The van der Waals surface area contributed by atoms with Gasteiger partial charge >= 0.3 is 5.97 Å². The molecule has 1 aliphatic heterocycles. The highest BCUT2D eigenvalue weighted by Crippen LogP contribution is 2.75. The number of carbonyl (C=O) groups is 1. The van der Waals surface area contributed by atoms with Gasteiger partial charge in [-0.05, 0) is 97.2 Å². The molecule has 0 bridgehead atoms. The van der Waals surface area contributed by atoms with Crippen LogP contribution in [0, 0.1) is 50.2 Å². The van der Waals surface area contributed by atoms with Crippen LogP contribution in [0.2, 0.25) is 0 Å². The summed E-state index contributed by atoms with van der Waals surface area (Å²) in [6, 6.07) is 0. The maximum absolute atomic E-state index is 14.4. The van der Waals surface area contributed by atoms with Crippen molar-refractivity contribution in [1.82, 2.24) is 0 Å². The summed E-state index contributed by atoms with van der Waals surface area (Å²) in [4.78, 5) is 14.4. The lowest BCUT2D eigenvalue weighted by atomic mass is 9.33. The van der Waals surface area contributed by atoms with Crippen LogP contribution in [0.1, 0.15) is 99.3 Å². The normalized spacial score (nSPS) is 54.8. The predicted molar refractivity (Wildman–Crippen MR) is 168 cm³/mol. The Morgan fingerprint density at radius 1 is 0.870 bits per heavy atom. The standard InChI is InChI=1S/C36H58O10/c1-31(2)11-13-36(30(44)46-29-27(42)26(41)25(40)22(17-37)45-29)14-12-34(5)19(20(36)15-31)7-8-24-32(3)16-21(39)28(43)33(4,18-38)23(32)9-10-35(24,34)6/h7,20-29,37-43H,8-18H2,1-6H3/t20-,21-,22-,23+,24+,25-,26+,27-,28+,29+,32+,33+,34-,35-,36+/m1/s1. The Balaban J connectivity index is 1.36. The number of hydrogen-bond donors (Lipinski definition) is 7. The van der Waals surface area contributed by atoms with Gasteiger partial charge in [-0.3, -0.25) is 4.79 Å². The average molecular weight is 651 g/mol. The fourth-order valence-corrected chi connectivity index (χ4v) is 12.1. The van der Waals surface area contributed by atoms with Crippen LogP contribution < -0.4 is 0 Å². The van der Waals surface area contributed by atoms with E-state index in [0.717, 1.165) is 38.5 Å². The molecule has 0 aromatic heterocycles. The zero-order chi connectivity index (χ0) is 33.8. The molecule has 262 valence electrons. The molecule has 0 aromatic carbocycles. The van der Waals surface area contributed by atoms with Gasteiger partial charge in [0.1, 0.15) is 24.4 Å². The van der Waals surface area contributed by atoms with Crippen LogP contribution in [0.4, 0.5) is 0 Å². The van der Waals surface area contributed by atoms with Gasteiger partial charge < -0.3 is 45.2 Å². The van der Waals surface area contributed by atoms with Crippen molar-refractivity contribution in [2.24, 2.45) is 50.2 Å². The van der Waals surface area contributed by atoms with Crippen molar-refractivity contribution in [2.75, 3.05) is 13.2 Å². The Morgan fingerprint density at radius 3 is 2.20 bits per heavy atom. The smallest absolute Gasteiger partial charge is 0.315 e. The van der Waals surface area contributed by atoms with Gasteiger partial charge in [0.25, 0.3) is 0 Å². The Hall–Kier alpha value is -1.11. The van der Waals surface area contributed by atoms with E-state index in [1.54, 1.807) is 0 Å². The van der Waals surface area contributed by atoms with E-state index in [0.29, 0.717) is 19.3 Å². The zero-order valence-corrected chi connectivity index (χ0v) is 28.5. The molecular weight excluding hydrogens is 592 g/mol. The Kier molecular flexibility index (Phi) is 8.46. The first-order valence-corrected chi connectivity index (χ1v) is 17.5. The van der Waals surface area contributed by atoms with Crippen molar-refractivity contribution in [3.05, 3.63) is 11.6 Å². The van der Waals surface area contributed by atoms with E-state index >= 15 is 0 Å². The summed E-state index contributed by atoms with van der Waals surface area (Å²) >= 11 is 0. The first kappa shape index (κ1) is 34.7. The summed E-state index contributed by atoms with van der Waals surface area (Å²) in [5, 5.41) is 73.8. The van der Waals surface area contributed by atoms with Gasteiger partial charge in [0.2, 0.25) is 6.29 Å². The predicted octanol–water partition coefficient (Wildman–Crippen LogP) is 2.44. The average Bonchev–Trinajstić information content (AvgIpc) is 3.00. The molecule has 1 saturated heterocycles. The Bertz CT molecular complexity index is 1240. The Labute approximate surface area is 273 Å². The van der Waals surface area contributed by atoms with Gasteiger partial charge in [-0.15, -0.1) is 0 Å². The summed E-state index contributed by atoms with van der Waals surface area (Å²) in [5.41, 5.74) is -1.02. The Morgan fingerprint density at radius 2 is 1.54 bits per heavy atom. The lowest BCUT2D eigenvalue weighted by Gasteiger charge is -2.71. The largest absolute Gasteiger partial charge is 0.432 e. The summed E-state index contributed by atoms with van der Waals surface area (Å²) in [6.07, 6.45) is -0.357. The first-order chi connectivity index (χ1) is 21.3. The second kappa shape index (κ2) is 11.2. The summed E-state index contributed by atoms with van der Waals surface area (Å²) in [6.45, 7) is 12.7. The molecule has 10 nitrogen and oxygen atoms in total. The van der Waals surface area contributed by atoms with Crippen LogP contribution in [0.25, 0.3) is 0 Å². The minimum Gasteiger partial charge on any atom is -0.432 e. The third-order valence-electron chi connectivity index (χ3n) is 15.2. The van der Waals surface area contributed by atoms with E-state index in [-0.39, 0.29) is 46.0 Å². The van der Waals surface area contributed by atoms with Gasteiger partial charge in [0.05, 0.1) is 30.8 Å². The molecule has 5 aliphatic carbocycles. The van der Waals surface area contributed by atoms with Crippen molar-refractivity contribution in [3.8, 4) is 0 Å². The quantitative estimate of drug-likeness (QED) is 0.177. The molecule has 4 saturated carbocycles. The van der Waals surface area contributed by atoms with E-state index in [9.17, 15) is 40.5 Å². The highest BCUT2D eigenvalue weighted by Gasteiger charge is 2.71. The minimum absolute atomic E-state index is 0.00930. The molecule has 0 spiro atoms. The van der Waals surface area contributed by atoms with Crippen LogP contribution in [-0.2, 0) is 14.3 Å². The number of carbonyl (C=O) groups excluding carboxylic acids is 1. The van der Waals surface area contributed by atoms with Gasteiger partial charge in [-0.25, -0.2) is 0 Å².